The van der Waals surface area contributed by atoms with Crippen LogP contribution in [-0.4, -0.2) is 6.61 Å². The van der Waals surface area contributed by atoms with Crippen molar-refractivity contribution in [1.29, 1.82) is 0 Å². The van der Waals surface area contributed by atoms with E-state index in [-0.39, 0.29) is 6.04 Å². The Balaban J connectivity index is 2.16. The van der Waals surface area contributed by atoms with Crippen molar-refractivity contribution in [2.75, 3.05) is 6.61 Å². The zero-order valence-electron chi connectivity index (χ0n) is 12.3. The number of ether oxygens (including phenoxy) is 1. The summed E-state index contributed by atoms with van der Waals surface area (Å²) >= 11 is 7.67. The SMILES string of the molecule is CCOc1ccc(C(C)N)cc1CSc1ccc(Cl)cc1. The first-order valence-electron chi connectivity index (χ1n) is 6.99. The Morgan fingerprint density at radius 2 is 1.90 bits per heavy atom. The fourth-order valence-corrected chi connectivity index (χ4v) is 2.99. The fourth-order valence-electron chi connectivity index (χ4n) is 1.98. The van der Waals surface area contributed by atoms with Gasteiger partial charge in [0.25, 0.3) is 0 Å². The second kappa shape index (κ2) is 7.74. The highest BCUT2D eigenvalue weighted by molar-refractivity contribution is 7.98. The minimum Gasteiger partial charge on any atom is -0.494 e. The number of rotatable bonds is 6. The summed E-state index contributed by atoms with van der Waals surface area (Å²) in [5, 5.41) is 0.758. The highest BCUT2D eigenvalue weighted by Gasteiger charge is 2.08. The number of nitrogens with two attached hydrogens (primary N) is 1. The molecule has 0 aromatic heterocycles. The highest BCUT2D eigenvalue weighted by Crippen LogP contribution is 2.30. The highest BCUT2D eigenvalue weighted by atomic mass is 35.5. The molecule has 21 heavy (non-hydrogen) atoms. The van der Waals surface area contributed by atoms with Gasteiger partial charge in [-0.25, -0.2) is 0 Å². The zero-order valence-corrected chi connectivity index (χ0v) is 13.9. The summed E-state index contributed by atoms with van der Waals surface area (Å²) in [6.07, 6.45) is 0. The maximum atomic E-state index is 5.97. The molecular formula is C17H20ClNOS. The molecular weight excluding hydrogens is 302 g/mol. The molecule has 2 N–H and O–H groups in total. The molecule has 0 aliphatic carbocycles. The predicted molar refractivity (Wildman–Crippen MR) is 91.2 cm³/mol. The summed E-state index contributed by atoms with van der Waals surface area (Å²) in [6, 6.07) is 14.1. The van der Waals surface area contributed by atoms with Gasteiger partial charge in [-0.3, -0.25) is 0 Å². The van der Waals surface area contributed by atoms with Gasteiger partial charge in [0.2, 0.25) is 0 Å². The molecule has 2 aromatic rings. The first-order chi connectivity index (χ1) is 10.1. The molecule has 0 bridgehead atoms. The first kappa shape index (κ1) is 16.2. The number of hydrogen-bond acceptors (Lipinski definition) is 3. The number of thioether (sulfide) groups is 1. The van der Waals surface area contributed by atoms with Gasteiger partial charge in [0.1, 0.15) is 5.75 Å². The van der Waals surface area contributed by atoms with Crippen molar-refractivity contribution in [3.05, 3.63) is 58.6 Å². The molecule has 0 fully saturated rings. The van der Waals surface area contributed by atoms with Crippen LogP contribution in [0, 0.1) is 0 Å². The van der Waals surface area contributed by atoms with Crippen LogP contribution < -0.4 is 10.5 Å². The van der Waals surface area contributed by atoms with E-state index in [4.69, 9.17) is 22.1 Å². The Morgan fingerprint density at radius 3 is 2.52 bits per heavy atom. The quantitative estimate of drug-likeness (QED) is 0.756. The number of hydrogen-bond donors (Lipinski definition) is 1. The molecule has 112 valence electrons. The number of benzene rings is 2. The van der Waals surface area contributed by atoms with Crippen molar-refractivity contribution < 1.29 is 4.74 Å². The summed E-state index contributed by atoms with van der Waals surface area (Å²) in [4.78, 5) is 1.19. The minimum atomic E-state index is 0.0277. The van der Waals surface area contributed by atoms with Gasteiger partial charge in [0.15, 0.2) is 0 Å². The molecule has 0 aliphatic rings. The van der Waals surface area contributed by atoms with E-state index in [1.54, 1.807) is 11.8 Å². The normalized spacial score (nSPS) is 12.2. The van der Waals surface area contributed by atoms with Crippen LogP contribution >= 0.6 is 23.4 Å². The lowest BCUT2D eigenvalue weighted by Gasteiger charge is -2.14. The lowest BCUT2D eigenvalue weighted by Crippen LogP contribution is -2.06. The van der Waals surface area contributed by atoms with E-state index in [1.807, 2.05) is 50.2 Å². The van der Waals surface area contributed by atoms with Crippen LogP contribution in [0.15, 0.2) is 47.4 Å². The van der Waals surface area contributed by atoms with Crippen LogP contribution in [0.2, 0.25) is 5.02 Å². The van der Waals surface area contributed by atoms with E-state index in [1.165, 1.54) is 10.5 Å². The van der Waals surface area contributed by atoms with Crippen molar-refractivity contribution in [2.45, 2.75) is 30.5 Å². The molecule has 0 heterocycles. The molecule has 0 amide bonds. The predicted octanol–water partition coefficient (Wildman–Crippen LogP) is 5.05. The van der Waals surface area contributed by atoms with E-state index in [0.29, 0.717) is 6.61 Å². The molecule has 0 saturated carbocycles. The summed E-state index contributed by atoms with van der Waals surface area (Å²) in [7, 11) is 0. The maximum Gasteiger partial charge on any atom is 0.123 e. The van der Waals surface area contributed by atoms with E-state index >= 15 is 0 Å². The Kier molecular flexibility index (Phi) is 5.97. The molecule has 0 spiro atoms. The maximum absolute atomic E-state index is 5.97. The molecule has 1 unspecified atom stereocenters. The van der Waals surface area contributed by atoms with Crippen molar-refractivity contribution in [2.24, 2.45) is 5.73 Å². The van der Waals surface area contributed by atoms with Crippen LogP contribution in [0.5, 0.6) is 5.75 Å². The Hall–Kier alpha value is -1.16. The van der Waals surface area contributed by atoms with Gasteiger partial charge in [-0.15, -0.1) is 11.8 Å². The standard InChI is InChI=1S/C17H20ClNOS/c1-3-20-17-9-4-13(12(2)19)10-14(17)11-21-16-7-5-15(18)6-8-16/h4-10,12H,3,11,19H2,1-2H3. The van der Waals surface area contributed by atoms with Crippen LogP contribution in [-0.2, 0) is 5.75 Å². The summed E-state index contributed by atoms with van der Waals surface area (Å²) in [6.45, 7) is 4.65. The lowest BCUT2D eigenvalue weighted by molar-refractivity contribution is 0.337. The molecule has 2 aromatic carbocycles. The van der Waals surface area contributed by atoms with E-state index < -0.39 is 0 Å². The second-order valence-electron chi connectivity index (χ2n) is 4.83. The van der Waals surface area contributed by atoms with E-state index in [0.717, 1.165) is 22.1 Å². The van der Waals surface area contributed by atoms with Crippen LogP contribution in [0.3, 0.4) is 0 Å². The Morgan fingerprint density at radius 1 is 1.19 bits per heavy atom. The van der Waals surface area contributed by atoms with Crippen molar-refractivity contribution in [1.82, 2.24) is 0 Å². The molecule has 2 rings (SSSR count). The number of halogens is 1. The molecule has 0 radical (unpaired) electrons. The summed E-state index contributed by atoms with van der Waals surface area (Å²) in [5.41, 5.74) is 8.27. The molecule has 4 heteroatoms. The smallest absolute Gasteiger partial charge is 0.123 e. The largest absolute Gasteiger partial charge is 0.494 e. The van der Waals surface area contributed by atoms with Gasteiger partial charge in [-0.05, 0) is 55.8 Å². The second-order valence-corrected chi connectivity index (χ2v) is 6.32. The minimum absolute atomic E-state index is 0.0277. The van der Waals surface area contributed by atoms with Gasteiger partial charge in [0.05, 0.1) is 6.61 Å². The third-order valence-electron chi connectivity index (χ3n) is 3.12. The average molecular weight is 322 g/mol. The van der Waals surface area contributed by atoms with Crippen LogP contribution in [0.1, 0.15) is 31.0 Å². The molecule has 2 nitrogen and oxygen atoms in total. The van der Waals surface area contributed by atoms with Crippen molar-refractivity contribution in [3.63, 3.8) is 0 Å². The lowest BCUT2D eigenvalue weighted by atomic mass is 10.1. The zero-order chi connectivity index (χ0) is 15.2. The first-order valence-corrected chi connectivity index (χ1v) is 8.36. The average Bonchev–Trinajstić information content (AvgIpc) is 2.48. The van der Waals surface area contributed by atoms with Gasteiger partial charge in [0, 0.05) is 27.3 Å². The van der Waals surface area contributed by atoms with E-state index in [9.17, 15) is 0 Å². The monoisotopic (exact) mass is 321 g/mol. The van der Waals surface area contributed by atoms with E-state index in [2.05, 4.69) is 6.07 Å². The van der Waals surface area contributed by atoms with Gasteiger partial charge in [-0.1, -0.05) is 17.7 Å². The molecule has 0 aliphatic heterocycles. The summed E-state index contributed by atoms with van der Waals surface area (Å²) in [5.74, 6) is 1.78. The third kappa shape index (κ3) is 4.67. The van der Waals surface area contributed by atoms with Gasteiger partial charge >= 0.3 is 0 Å². The van der Waals surface area contributed by atoms with Crippen molar-refractivity contribution in [3.8, 4) is 5.75 Å². The molecule has 1 atom stereocenters. The van der Waals surface area contributed by atoms with Crippen LogP contribution in [0.4, 0.5) is 0 Å². The Bertz CT molecular complexity index is 584. The van der Waals surface area contributed by atoms with Gasteiger partial charge in [-0.2, -0.15) is 0 Å². The Labute approximate surface area is 135 Å². The summed E-state index contributed by atoms with van der Waals surface area (Å²) < 4.78 is 5.70. The topological polar surface area (TPSA) is 35.2 Å². The van der Waals surface area contributed by atoms with Crippen LogP contribution in [0.25, 0.3) is 0 Å². The third-order valence-corrected chi connectivity index (χ3v) is 4.43. The van der Waals surface area contributed by atoms with Crippen molar-refractivity contribution >= 4 is 23.4 Å². The fraction of sp³-hybridized carbons (Fsp3) is 0.294. The van der Waals surface area contributed by atoms with Gasteiger partial charge < -0.3 is 10.5 Å². The molecule has 0 saturated heterocycles.